The standard InChI is InChI=1S/C9H11F3N2O2/c10-9(11,12)16-5-1-2-7(13)6(3-5)8(14)4-15/h1-3,8,15H,4,13-14H2/t8-/m1/s1. The van der Waals surface area contributed by atoms with E-state index in [1.54, 1.807) is 0 Å². The fraction of sp³-hybridized carbons (Fsp3) is 0.333. The van der Waals surface area contributed by atoms with Gasteiger partial charge in [-0.15, -0.1) is 13.2 Å². The number of ether oxygens (including phenoxy) is 1. The van der Waals surface area contributed by atoms with Crippen LogP contribution in [0.1, 0.15) is 11.6 Å². The molecule has 0 saturated heterocycles. The first-order valence-electron chi connectivity index (χ1n) is 4.35. The molecular formula is C9H11F3N2O2. The smallest absolute Gasteiger partial charge is 0.406 e. The van der Waals surface area contributed by atoms with Crippen molar-refractivity contribution >= 4 is 5.69 Å². The van der Waals surface area contributed by atoms with Crippen LogP contribution in [0.2, 0.25) is 0 Å². The van der Waals surface area contributed by atoms with Gasteiger partial charge in [-0.05, 0) is 23.8 Å². The van der Waals surface area contributed by atoms with Gasteiger partial charge in [0, 0.05) is 5.69 Å². The lowest BCUT2D eigenvalue weighted by Gasteiger charge is -2.14. The molecule has 1 rings (SSSR count). The van der Waals surface area contributed by atoms with Crippen LogP contribution in [-0.2, 0) is 0 Å². The van der Waals surface area contributed by atoms with E-state index in [1.807, 2.05) is 0 Å². The summed E-state index contributed by atoms with van der Waals surface area (Å²) in [5, 5.41) is 8.79. The molecule has 0 radical (unpaired) electrons. The fourth-order valence-corrected chi connectivity index (χ4v) is 1.17. The second-order valence-corrected chi connectivity index (χ2v) is 3.13. The Morgan fingerprint density at radius 1 is 1.38 bits per heavy atom. The molecule has 1 atom stereocenters. The number of aliphatic hydroxyl groups excluding tert-OH is 1. The lowest BCUT2D eigenvalue weighted by atomic mass is 10.1. The average Bonchev–Trinajstić information content (AvgIpc) is 2.18. The van der Waals surface area contributed by atoms with Gasteiger partial charge in [0.15, 0.2) is 0 Å². The van der Waals surface area contributed by atoms with Gasteiger partial charge in [0.1, 0.15) is 5.75 Å². The zero-order valence-electron chi connectivity index (χ0n) is 8.16. The molecule has 0 saturated carbocycles. The molecule has 0 bridgehead atoms. The molecule has 1 aromatic carbocycles. The summed E-state index contributed by atoms with van der Waals surface area (Å²) in [6, 6.07) is 2.54. The Hall–Kier alpha value is -1.47. The Morgan fingerprint density at radius 3 is 2.50 bits per heavy atom. The molecule has 0 aliphatic heterocycles. The minimum atomic E-state index is -4.77. The molecular weight excluding hydrogens is 225 g/mol. The minimum absolute atomic E-state index is 0.205. The molecule has 5 N–H and O–H groups in total. The summed E-state index contributed by atoms with van der Waals surface area (Å²) in [6.07, 6.45) is -4.77. The average molecular weight is 236 g/mol. The number of nitrogen functional groups attached to an aromatic ring is 1. The van der Waals surface area contributed by atoms with Gasteiger partial charge < -0.3 is 21.3 Å². The van der Waals surface area contributed by atoms with Crippen LogP contribution < -0.4 is 16.2 Å². The van der Waals surface area contributed by atoms with Gasteiger partial charge in [-0.1, -0.05) is 0 Å². The summed E-state index contributed by atoms with van der Waals surface area (Å²) in [6.45, 7) is -0.417. The minimum Gasteiger partial charge on any atom is -0.406 e. The SMILES string of the molecule is Nc1ccc(OC(F)(F)F)cc1[C@H](N)CO. The van der Waals surface area contributed by atoms with Crippen molar-refractivity contribution < 1.29 is 23.0 Å². The van der Waals surface area contributed by atoms with Crippen molar-refractivity contribution in [2.24, 2.45) is 5.73 Å². The Kier molecular flexibility index (Phi) is 3.61. The molecule has 0 fully saturated rings. The number of hydrogen-bond donors (Lipinski definition) is 3. The van der Waals surface area contributed by atoms with Crippen molar-refractivity contribution in [2.75, 3.05) is 12.3 Å². The van der Waals surface area contributed by atoms with Gasteiger partial charge in [0.05, 0.1) is 12.6 Å². The predicted octanol–water partition coefficient (Wildman–Crippen LogP) is 1.16. The molecule has 16 heavy (non-hydrogen) atoms. The van der Waals surface area contributed by atoms with Gasteiger partial charge in [-0.2, -0.15) is 0 Å². The topological polar surface area (TPSA) is 81.5 Å². The van der Waals surface area contributed by atoms with Crippen LogP contribution in [0.4, 0.5) is 18.9 Å². The number of alkyl halides is 3. The molecule has 4 nitrogen and oxygen atoms in total. The van der Waals surface area contributed by atoms with Crippen molar-refractivity contribution in [1.29, 1.82) is 0 Å². The fourth-order valence-electron chi connectivity index (χ4n) is 1.17. The summed E-state index contributed by atoms with van der Waals surface area (Å²) in [4.78, 5) is 0. The van der Waals surface area contributed by atoms with E-state index in [0.29, 0.717) is 0 Å². The molecule has 0 heterocycles. The molecule has 7 heteroatoms. The van der Waals surface area contributed by atoms with Gasteiger partial charge >= 0.3 is 6.36 Å². The largest absolute Gasteiger partial charge is 0.573 e. The van der Waals surface area contributed by atoms with Crippen LogP contribution in [-0.4, -0.2) is 18.1 Å². The quantitative estimate of drug-likeness (QED) is 0.688. The maximum atomic E-state index is 11.9. The number of anilines is 1. The number of rotatable bonds is 3. The van der Waals surface area contributed by atoms with Crippen molar-refractivity contribution in [3.8, 4) is 5.75 Å². The molecule has 0 aliphatic rings. The van der Waals surface area contributed by atoms with Crippen molar-refractivity contribution in [2.45, 2.75) is 12.4 Å². The highest BCUT2D eigenvalue weighted by Gasteiger charge is 2.31. The van der Waals surface area contributed by atoms with E-state index in [2.05, 4.69) is 4.74 Å². The second kappa shape index (κ2) is 4.58. The zero-order chi connectivity index (χ0) is 12.3. The lowest BCUT2D eigenvalue weighted by Crippen LogP contribution is -2.19. The molecule has 90 valence electrons. The molecule has 1 aromatic rings. The summed E-state index contributed by atoms with van der Waals surface area (Å²) in [5.74, 6) is -0.416. The highest BCUT2D eigenvalue weighted by atomic mass is 19.4. The Morgan fingerprint density at radius 2 is 2.00 bits per heavy atom. The number of hydrogen-bond acceptors (Lipinski definition) is 4. The first-order chi connectivity index (χ1) is 7.33. The lowest BCUT2D eigenvalue weighted by molar-refractivity contribution is -0.274. The molecule has 0 spiro atoms. The third-order valence-corrected chi connectivity index (χ3v) is 1.89. The third kappa shape index (κ3) is 3.28. The Labute approximate surface area is 89.6 Å². The molecule has 0 amide bonds. The highest BCUT2D eigenvalue weighted by molar-refractivity contribution is 5.52. The number of nitrogens with two attached hydrogens (primary N) is 2. The van der Waals surface area contributed by atoms with Gasteiger partial charge in [0.25, 0.3) is 0 Å². The number of aliphatic hydroxyl groups is 1. The summed E-state index contributed by atoms with van der Waals surface area (Å²) >= 11 is 0. The van der Waals surface area contributed by atoms with E-state index >= 15 is 0 Å². The van der Waals surface area contributed by atoms with E-state index < -0.39 is 24.8 Å². The van der Waals surface area contributed by atoms with Gasteiger partial charge in [-0.25, -0.2) is 0 Å². The third-order valence-electron chi connectivity index (χ3n) is 1.89. The molecule has 0 aliphatic carbocycles. The van der Waals surface area contributed by atoms with Crippen LogP contribution in [0.25, 0.3) is 0 Å². The van der Waals surface area contributed by atoms with Crippen molar-refractivity contribution in [3.63, 3.8) is 0 Å². The normalized spacial score (nSPS) is 13.6. The van der Waals surface area contributed by atoms with Crippen LogP contribution >= 0.6 is 0 Å². The van der Waals surface area contributed by atoms with Crippen LogP contribution in [0.15, 0.2) is 18.2 Å². The van der Waals surface area contributed by atoms with Gasteiger partial charge in [0.2, 0.25) is 0 Å². The van der Waals surface area contributed by atoms with Crippen LogP contribution in [0.3, 0.4) is 0 Å². The van der Waals surface area contributed by atoms with Gasteiger partial charge in [-0.3, -0.25) is 0 Å². The summed E-state index contributed by atoms with van der Waals surface area (Å²) in [5.41, 5.74) is 11.4. The Balaban J connectivity index is 2.98. The van der Waals surface area contributed by atoms with Crippen molar-refractivity contribution in [1.82, 2.24) is 0 Å². The van der Waals surface area contributed by atoms with E-state index in [1.165, 1.54) is 6.07 Å². The van der Waals surface area contributed by atoms with E-state index in [-0.39, 0.29) is 11.3 Å². The summed E-state index contributed by atoms with van der Waals surface area (Å²) in [7, 11) is 0. The zero-order valence-corrected chi connectivity index (χ0v) is 8.16. The molecule has 0 unspecified atom stereocenters. The first-order valence-corrected chi connectivity index (χ1v) is 4.35. The van der Waals surface area contributed by atoms with Crippen LogP contribution in [0.5, 0.6) is 5.75 Å². The first kappa shape index (κ1) is 12.6. The monoisotopic (exact) mass is 236 g/mol. The van der Waals surface area contributed by atoms with Crippen LogP contribution in [0, 0.1) is 0 Å². The maximum Gasteiger partial charge on any atom is 0.573 e. The predicted molar refractivity (Wildman–Crippen MR) is 51.6 cm³/mol. The number of benzene rings is 1. The highest BCUT2D eigenvalue weighted by Crippen LogP contribution is 2.28. The Bertz CT molecular complexity index is 368. The summed E-state index contributed by atoms with van der Waals surface area (Å²) < 4.78 is 39.5. The number of halogens is 3. The van der Waals surface area contributed by atoms with Crippen molar-refractivity contribution in [3.05, 3.63) is 23.8 Å². The van der Waals surface area contributed by atoms with E-state index in [0.717, 1.165) is 12.1 Å². The molecule has 0 aromatic heterocycles. The second-order valence-electron chi connectivity index (χ2n) is 3.13. The van der Waals surface area contributed by atoms with E-state index in [9.17, 15) is 13.2 Å². The maximum absolute atomic E-state index is 11.9. The van der Waals surface area contributed by atoms with E-state index in [4.69, 9.17) is 16.6 Å².